The van der Waals surface area contributed by atoms with E-state index < -0.39 is 5.41 Å². The second-order valence-electron chi connectivity index (χ2n) is 4.15. The van der Waals surface area contributed by atoms with Gasteiger partial charge in [-0.15, -0.1) is 0 Å². The number of hydrogen-bond acceptors (Lipinski definition) is 2. The number of allylic oxidation sites excluding steroid dienone is 1. The van der Waals surface area contributed by atoms with Gasteiger partial charge < -0.3 is 5.32 Å². The minimum Gasteiger partial charge on any atom is -0.355 e. The minimum absolute atomic E-state index is 0.128. The summed E-state index contributed by atoms with van der Waals surface area (Å²) in [6, 6.07) is 0. The molecule has 0 spiro atoms. The van der Waals surface area contributed by atoms with Gasteiger partial charge in [-0.2, -0.15) is 0 Å². The first-order valence-electron chi connectivity index (χ1n) is 4.97. The van der Waals surface area contributed by atoms with Crippen molar-refractivity contribution in [1.82, 2.24) is 5.32 Å². The van der Waals surface area contributed by atoms with E-state index in [0.29, 0.717) is 18.5 Å². The van der Waals surface area contributed by atoms with Crippen molar-refractivity contribution in [3.05, 3.63) is 12.2 Å². The Morgan fingerprint density at radius 1 is 1.50 bits per heavy atom. The average Bonchev–Trinajstić information content (AvgIpc) is 2.29. The van der Waals surface area contributed by atoms with Crippen molar-refractivity contribution >= 4 is 11.7 Å². The van der Waals surface area contributed by atoms with Gasteiger partial charge in [0.05, 0.1) is 0 Å². The third-order valence-corrected chi connectivity index (χ3v) is 2.78. The smallest absolute Gasteiger partial charge is 0.233 e. The Hall–Kier alpha value is -1.12. The molecule has 1 unspecified atom stereocenters. The lowest BCUT2D eigenvalue weighted by Gasteiger charge is -2.24. The standard InChI is InChI=1S/C11H17NO2/c1-8(2)9(13)11(3)6-4-5-7-12-10(11)14/h1,4-7H2,2-3H3,(H,12,14). The molecule has 0 radical (unpaired) electrons. The molecule has 1 heterocycles. The van der Waals surface area contributed by atoms with Crippen LogP contribution in [0.15, 0.2) is 12.2 Å². The molecule has 3 nitrogen and oxygen atoms in total. The number of Topliss-reactive ketones (excluding diaryl/α,β-unsaturated/α-hetero) is 1. The Morgan fingerprint density at radius 2 is 2.14 bits per heavy atom. The Kier molecular flexibility index (Phi) is 3.09. The molecule has 1 rings (SSSR count). The first-order valence-corrected chi connectivity index (χ1v) is 4.97. The van der Waals surface area contributed by atoms with Crippen molar-refractivity contribution in [1.29, 1.82) is 0 Å². The molecule has 0 aliphatic carbocycles. The highest BCUT2D eigenvalue weighted by molar-refractivity contribution is 6.12. The summed E-state index contributed by atoms with van der Waals surface area (Å²) in [5.74, 6) is -0.278. The van der Waals surface area contributed by atoms with Crippen LogP contribution in [-0.2, 0) is 9.59 Å². The third-order valence-electron chi connectivity index (χ3n) is 2.78. The number of carbonyl (C=O) groups excluding carboxylic acids is 2. The molecule has 14 heavy (non-hydrogen) atoms. The highest BCUT2D eigenvalue weighted by atomic mass is 16.2. The molecular weight excluding hydrogens is 178 g/mol. The quantitative estimate of drug-likeness (QED) is 0.535. The number of ketones is 1. The van der Waals surface area contributed by atoms with Crippen molar-refractivity contribution in [2.24, 2.45) is 5.41 Å². The summed E-state index contributed by atoms with van der Waals surface area (Å²) >= 11 is 0. The molecule has 1 aliphatic heterocycles. The normalized spacial score (nSPS) is 27.7. The molecule has 0 aromatic carbocycles. The number of nitrogens with one attached hydrogen (secondary N) is 1. The molecular formula is C11H17NO2. The maximum atomic E-state index is 11.8. The third kappa shape index (κ3) is 1.86. The van der Waals surface area contributed by atoms with Crippen LogP contribution in [0.4, 0.5) is 0 Å². The largest absolute Gasteiger partial charge is 0.355 e. The Bertz CT molecular complexity index is 283. The van der Waals surface area contributed by atoms with Crippen molar-refractivity contribution in [2.75, 3.05) is 6.54 Å². The topological polar surface area (TPSA) is 46.2 Å². The van der Waals surface area contributed by atoms with Gasteiger partial charge in [0.25, 0.3) is 0 Å². The Morgan fingerprint density at radius 3 is 2.71 bits per heavy atom. The van der Waals surface area contributed by atoms with Crippen molar-refractivity contribution in [3.63, 3.8) is 0 Å². The van der Waals surface area contributed by atoms with Crippen molar-refractivity contribution < 1.29 is 9.59 Å². The van der Waals surface area contributed by atoms with Gasteiger partial charge in [-0.1, -0.05) is 13.0 Å². The summed E-state index contributed by atoms with van der Waals surface area (Å²) in [6.07, 6.45) is 2.49. The van der Waals surface area contributed by atoms with Crippen LogP contribution in [0, 0.1) is 5.41 Å². The Labute approximate surface area is 84.6 Å². The fraction of sp³-hybridized carbons (Fsp3) is 0.636. The molecule has 1 atom stereocenters. The summed E-state index contributed by atoms with van der Waals surface area (Å²) in [5.41, 5.74) is -0.424. The van der Waals surface area contributed by atoms with E-state index >= 15 is 0 Å². The number of hydrogen-bond donors (Lipinski definition) is 1. The zero-order valence-electron chi connectivity index (χ0n) is 8.85. The fourth-order valence-corrected chi connectivity index (χ4v) is 1.80. The summed E-state index contributed by atoms with van der Waals surface area (Å²) in [5, 5.41) is 2.77. The van der Waals surface area contributed by atoms with Gasteiger partial charge in [0.2, 0.25) is 5.91 Å². The van der Waals surface area contributed by atoms with E-state index in [1.165, 1.54) is 0 Å². The summed E-state index contributed by atoms with van der Waals surface area (Å²) < 4.78 is 0. The number of carbonyl (C=O) groups is 2. The van der Waals surface area contributed by atoms with E-state index in [9.17, 15) is 9.59 Å². The zero-order valence-corrected chi connectivity index (χ0v) is 8.85. The molecule has 3 heteroatoms. The van der Waals surface area contributed by atoms with Crippen LogP contribution >= 0.6 is 0 Å². The van der Waals surface area contributed by atoms with Crippen LogP contribution in [0.3, 0.4) is 0 Å². The van der Waals surface area contributed by atoms with Gasteiger partial charge in [-0.25, -0.2) is 0 Å². The summed E-state index contributed by atoms with van der Waals surface area (Å²) in [6.45, 7) is 7.66. The minimum atomic E-state index is -0.887. The molecule has 0 saturated carbocycles. The highest BCUT2D eigenvalue weighted by Crippen LogP contribution is 2.30. The number of rotatable bonds is 2. The van der Waals surface area contributed by atoms with Gasteiger partial charge in [0.1, 0.15) is 5.41 Å². The second kappa shape index (κ2) is 3.95. The molecule has 1 aliphatic rings. The lowest BCUT2D eigenvalue weighted by molar-refractivity contribution is -0.139. The molecule has 0 aromatic heterocycles. The van der Waals surface area contributed by atoms with Crippen LogP contribution in [0.25, 0.3) is 0 Å². The zero-order chi connectivity index (χ0) is 10.8. The average molecular weight is 195 g/mol. The van der Waals surface area contributed by atoms with Crippen molar-refractivity contribution in [3.8, 4) is 0 Å². The van der Waals surface area contributed by atoms with Gasteiger partial charge >= 0.3 is 0 Å². The highest BCUT2D eigenvalue weighted by Gasteiger charge is 2.41. The molecule has 78 valence electrons. The molecule has 1 N–H and O–H groups in total. The monoisotopic (exact) mass is 195 g/mol. The number of amides is 1. The van der Waals surface area contributed by atoms with E-state index in [0.717, 1.165) is 12.8 Å². The van der Waals surface area contributed by atoms with Crippen LogP contribution in [0.1, 0.15) is 33.1 Å². The first-order chi connectivity index (χ1) is 6.48. The maximum absolute atomic E-state index is 11.8. The van der Waals surface area contributed by atoms with Crippen LogP contribution in [0.2, 0.25) is 0 Å². The van der Waals surface area contributed by atoms with Gasteiger partial charge in [-0.05, 0) is 32.3 Å². The lowest BCUT2D eigenvalue weighted by atomic mass is 9.78. The van der Waals surface area contributed by atoms with E-state index in [1.54, 1.807) is 13.8 Å². The summed E-state index contributed by atoms with van der Waals surface area (Å²) in [7, 11) is 0. The van der Waals surface area contributed by atoms with E-state index in [1.807, 2.05) is 0 Å². The van der Waals surface area contributed by atoms with E-state index in [4.69, 9.17) is 0 Å². The second-order valence-corrected chi connectivity index (χ2v) is 4.15. The first kappa shape index (κ1) is 11.0. The molecule has 1 saturated heterocycles. The summed E-state index contributed by atoms with van der Waals surface area (Å²) in [4.78, 5) is 23.5. The predicted octanol–water partition coefficient (Wildman–Crippen LogP) is 1.44. The predicted molar refractivity (Wildman–Crippen MR) is 54.8 cm³/mol. The van der Waals surface area contributed by atoms with Crippen LogP contribution in [-0.4, -0.2) is 18.2 Å². The molecule has 0 bridgehead atoms. The Balaban J connectivity index is 2.93. The fourth-order valence-electron chi connectivity index (χ4n) is 1.80. The maximum Gasteiger partial charge on any atom is 0.233 e. The van der Waals surface area contributed by atoms with E-state index in [-0.39, 0.29) is 11.7 Å². The molecule has 0 aromatic rings. The van der Waals surface area contributed by atoms with Gasteiger partial charge in [0.15, 0.2) is 5.78 Å². The van der Waals surface area contributed by atoms with Gasteiger partial charge in [0, 0.05) is 6.54 Å². The van der Waals surface area contributed by atoms with Crippen molar-refractivity contribution in [2.45, 2.75) is 33.1 Å². The van der Waals surface area contributed by atoms with Crippen LogP contribution in [0.5, 0.6) is 0 Å². The lowest BCUT2D eigenvalue weighted by Crippen LogP contribution is -2.43. The van der Waals surface area contributed by atoms with Gasteiger partial charge in [-0.3, -0.25) is 9.59 Å². The molecule has 1 amide bonds. The van der Waals surface area contributed by atoms with Crippen LogP contribution < -0.4 is 5.32 Å². The van der Waals surface area contributed by atoms with E-state index in [2.05, 4.69) is 11.9 Å². The SMILES string of the molecule is C=C(C)C(=O)C1(C)CCCCNC1=O. The molecule has 1 fully saturated rings.